The number of amides is 2. The number of thiophene rings is 1. The molecule has 232 valence electrons. The van der Waals surface area contributed by atoms with E-state index in [1.807, 2.05) is 0 Å². The summed E-state index contributed by atoms with van der Waals surface area (Å²) in [5, 5.41) is 16.3. The smallest absolute Gasteiger partial charge is 0.435 e. The Bertz CT molecular complexity index is 1620. The predicted molar refractivity (Wildman–Crippen MR) is 160 cm³/mol. The van der Waals surface area contributed by atoms with Gasteiger partial charge in [-0.25, -0.2) is 4.79 Å². The summed E-state index contributed by atoms with van der Waals surface area (Å²) in [6, 6.07) is 10.4. The van der Waals surface area contributed by atoms with Gasteiger partial charge in [0.05, 0.1) is 12.6 Å². The van der Waals surface area contributed by atoms with Crippen LogP contribution < -0.4 is 5.32 Å². The Morgan fingerprint density at radius 2 is 1.93 bits per heavy atom. The Kier molecular flexibility index (Phi) is 8.62. The van der Waals surface area contributed by atoms with Crippen molar-refractivity contribution in [1.29, 1.82) is 5.26 Å². The largest absolute Gasteiger partial charge is 0.444 e. The van der Waals surface area contributed by atoms with Crippen LogP contribution in [0.5, 0.6) is 0 Å². The van der Waals surface area contributed by atoms with E-state index >= 15 is 0 Å². The summed E-state index contributed by atoms with van der Waals surface area (Å²) in [5.74, 6) is -0.561. The molecule has 1 fully saturated rings. The van der Waals surface area contributed by atoms with Crippen molar-refractivity contribution in [3.63, 3.8) is 0 Å². The average Bonchev–Trinajstić information content (AvgIpc) is 3.55. The fourth-order valence-corrected chi connectivity index (χ4v) is 6.49. The van der Waals surface area contributed by atoms with E-state index in [1.165, 1.54) is 28.3 Å². The lowest BCUT2D eigenvalue weighted by Crippen LogP contribution is -2.40. The van der Waals surface area contributed by atoms with E-state index in [9.17, 15) is 28.0 Å². The van der Waals surface area contributed by atoms with Gasteiger partial charge in [-0.05, 0) is 69.2 Å². The van der Waals surface area contributed by atoms with Crippen LogP contribution in [0.4, 0.5) is 18.0 Å². The van der Waals surface area contributed by atoms with Gasteiger partial charge in [0.25, 0.3) is 0 Å². The molecule has 2 aliphatic rings. The number of benzene rings is 1. The SMILES string of the molecule is CCn1cc(-c2ccccc2[C@@H]2CN(C(=O)/C=C/C(NC(=O)OC(C)(C)C)C3CC3)Cc3sc(C#N)cc32)c(C(F)(F)F)n1. The third kappa shape index (κ3) is 6.99. The second-order valence-electron chi connectivity index (χ2n) is 12.1. The summed E-state index contributed by atoms with van der Waals surface area (Å²) in [7, 11) is 0. The van der Waals surface area contributed by atoms with E-state index in [2.05, 4.69) is 16.5 Å². The molecule has 0 radical (unpaired) electrons. The summed E-state index contributed by atoms with van der Waals surface area (Å²) < 4.78 is 48.9. The number of carbonyl (C=O) groups excluding carboxylic acids is 2. The zero-order chi connectivity index (χ0) is 31.8. The zero-order valence-electron chi connectivity index (χ0n) is 24.9. The molecule has 5 rings (SSSR count). The van der Waals surface area contributed by atoms with Gasteiger partial charge in [-0.15, -0.1) is 11.3 Å². The molecule has 1 N–H and O–H groups in total. The molecule has 3 aromatic rings. The fraction of sp³-hybridized carbons (Fsp3) is 0.438. The lowest BCUT2D eigenvalue weighted by Gasteiger charge is -2.33. The summed E-state index contributed by atoms with van der Waals surface area (Å²) in [4.78, 5) is 28.9. The van der Waals surface area contributed by atoms with Crippen LogP contribution in [-0.4, -0.2) is 44.9 Å². The summed E-state index contributed by atoms with van der Waals surface area (Å²) in [6.07, 6.45) is 1.16. The fourth-order valence-electron chi connectivity index (χ4n) is 5.46. The van der Waals surface area contributed by atoms with Gasteiger partial charge in [-0.2, -0.15) is 23.5 Å². The number of alkyl carbamates (subject to hydrolysis) is 1. The first-order valence-corrected chi connectivity index (χ1v) is 15.3. The number of aryl methyl sites for hydroxylation is 1. The maximum atomic E-state index is 14.1. The normalized spacial score (nSPS) is 17.7. The van der Waals surface area contributed by atoms with E-state index in [1.54, 1.807) is 69.0 Å². The van der Waals surface area contributed by atoms with Crippen LogP contribution >= 0.6 is 11.3 Å². The Morgan fingerprint density at radius 1 is 1.20 bits per heavy atom. The lowest BCUT2D eigenvalue weighted by molar-refractivity contribution is -0.141. The van der Waals surface area contributed by atoms with Crippen molar-refractivity contribution in [3.05, 3.63) is 75.3 Å². The highest BCUT2D eigenvalue weighted by molar-refractivity contribution is 7.12. The third-order valence-corrected chi connectivity index (χ3v) is 8.66. The topological polar surface area (TPSA) is 100 Å². The van der Waals surface area contributed by atoms with Crippen molar-refractivity contribution >= 4 is 23.3 Å². The molecule has 12 heteroatoms. The van der Waals surface area contributed by atoms with Crippen LogP contribution in [0.25, 0.3) is 11.1 Å². The van der Waals surface area contributed by atoms with Crippen molar-refractivity contribution < 1.29 is 27.5 Å². The average molecular weight is 626 g/mol. The molecule has 1 unspecified atom stereocenters. The second-order valence-corrected chi connectivity index (χ2v) is 13.2. The minimum atomic E-state index is -4.66. The number of carbonyl (C=O) groups is 2. The van der Waals surface area contributed by atoms with E-state index in [0.717, 1.165) is 23.3 Å². The standard InChI is InChI=1S/C32H34F3N5O3S/c1-5-40-17-25(29(38-40)32(33,34)35)22-9-7-6-8-21(22)24-16-39(18-27-23(24)14-20(15-36)44-27)28(41)13-12-26(19-10-11-19)37-30(42)43-31(2,3)4/h6-9,12-14,17,19,24,26H,5,10-11,16,18H2,1-4H3,(H,37,42)/b13-12+/t24-,26?/m0/s1. The number of fused-ring (bicyclic) bond motifs is 1. The highest BCUT2D eigenvalue weighted by Crippen LogP contribution is 2.44. The van der Waals surface area contributed by atoms with Crippen LogP contribution in [0.15, 0.2) is 48.7 Å². The summed E-state index contributed by atoms with van der Waals surface area (Å²) in [5.41, 5.74) is 0.155. The van der Waals surface area contributed by atoms with E-state index in [4.69, 9.17) is 4.74 Å². The molecular weight excluding hydrogens is 591 g/mol. The molecule has 1 aromatic carbocycles. The molecule has 3 heterocycles. The molecule has 2 aromatic heterocycles. The molecule has 0 spiro atoms. The molecular formula is C32H34F3N5O3S. The van der Waals surface area contributed by atoms with Gasteiger partial charge < -0.3 is 15.0 Å². The number of nitrogens with one attached hydrogen (secondary N) is 1. The third-order valence-electron chi connectivity index (χ3n) is 7.62. The van der Waals surface area contributed by atoms with Crippen molar-refractivity contribution in [3.8, 4) is 17.2 Å². The predicted octanol–water partition coefficient (Wildman–Crippen LogP) is 6.86. The first kappa shape index (κ1) is 31.3. The summed E-state index contributed by atoms with van der Waals surface area (Å²) in [6.45, 7) is 7.79. The van der Waals surface area contributed by atoms with Crippen LogP contribution in [0.2, 0.25) is 0 Å². The number of halogens is 3. The van der Waals surface area contributed by atoms with Gasteiger partial charge >= 0.3 is 12.3 Å². The molecule has 44 heavy (non-hydrogen) atoms. The number of rotatable bonds is 7. The highest BCUT2D eigenvalue weighted by atomic mass is 32.1. The molecule has 1 aliphatic heterocycles. The Morgan fingerprint density at radius 3 is 2.57 bits per heavy atom. The van der Waals surface area contributed by atoms with Gasteiger partial charge in [0.2, 0.25) is 5.91 Å². The maximum Gasteiger partial charge on any atom is 0.435 e. The minimum absolute atomic E-state index is 0.0314. The van der Waals surface area contributed by atoms with Crippen molar-refractivity contribution in [1.82, 2.24) is 20.0 Å². The van der Waals surface area contributed by atoms with Gasteiger partial charge in [0, 0.05) is 41.7 Å². The van der Waals surface area contributed by atoms with E-state index < -0.39 is 29.5 Å². The lowest BCUT2D eigenvalue weighted by atomic mass is 9.83. The molecule has 1 aliphatic carbocycles. The zero-order valence-corrected chi connectivity index (χ0v) is 25.8. The van der Waals surface area contributed by atoms with Crippen LogP contribution in [-0.2, 0) is 28.8 Å². The molecule has 2 amide bonds. The van der Waals surface area contributed by atoms with Gasteiger partial charge in [-0.3, -0.25) is 9.48 Å². The Hall–Kier alpha value is -4.11. The van der Waals surface area contributed by atoms with Gasteiger partial charge in [0.1, 0.15) is 16.5 Å². The maximum absolute atomic E-state index is 14.1. The second kappa shape index (κ2) is 12.1. The van der Waals surface area contributed by atoms with Crippen molar-refractivity contribution in [2.24, 2.45) is 5.92 Å². The van der Waals surface area contributed by atoms with E-state index in [0.29, 0.717) is 16.0 Å². The number of nitrogens with zero attached hydrogens (tertiary/aromatic N) is 4. The van der Waals surface area contributed by atoms with Gasteiger partial charge in [0.15, 0.2) is 5.69 Å². The van der Waals surface area contributed by atoms with Crippen LogP contribution in [0, 0.1) is 17.2 Å². The van der Waals surface area contributed by atoms with Crippen LogP contribution in [0.3, 0.4) is 0 Å². The first-order valence-electron chi connectivity index (χ1n) is 14.5. The molecule has 1 saturated carbocycles. The van der Waals surface area contributed by atoms with Crippen molar-refractivity contribution in [2.75, 3.05) is 6.54 Å². The molecule has 8 nitrogen and oxygen atoms in total. The number of ether oxygens (including phenoxy) is 1. The number of alkyl halides is 3. The van der Waals surface area contributed by atoms with Crippen molar-refractivity contribution in [2.45, 2.75) is 77.4 Å². The monoisotopic (exact) mass is 625 g/mol. The number of hydrogen-bond donors (Lipinski definition) is 1. The summed E-state index contributed by atoms with van der Waals surface area (Å²) >= 11 is 1.28. The Labute approximate surface area is 258 Å². The molecule has 0 saturated heterocycles. The first-order chi connectivity index (χ1) is 20.8. The number of nitriles is 1. The van der Waals surface area contributed by atoms with Gasteiger partial charge in [-0.1, -0.05) is 30.3 Å². The highest BCUT2D eigenvalue weighted by Gasteiger charge is 2.39. The van der Waals surface area contributed by atoms with Crippen LogP contribution in [0.1, 0.15) is 73.0 Å². The molecule has 2 atom stereocenters. The Balaban J connectivity index is 1.47. The van der Waals surface area contributed by atoms with E-state index in [-0.39, 0.29) is 43.1 Å². The number of aromatic nitrogens is 2. The minimum Gasteiger partial charge on any atom is -0.444 e. The molecule has 0 bridgehead atoms. The number of hydrogen-bond acceptors (Lipinski definition) is 6. The quantitative estimate of drug-likeness (QED) is 0.290.